The van der Waals surface area contributed by atoms with Gasteiger partial charge in [-0.25, -0.2) is 8.42 Å². The Kier molecular flexibility index (Phi) is 5.01. The van der Waals surface area contributed by atoms with Crippen LogP contribution in [0.15, 0.2) is 34.7 Å². The Labute approximate surface area is 150 Å². The highest BCUT2D eigenvalue weighted by Gasteiger charge is 2.50. The Morgan fingerprint density at radius 3 is 2.24 bits per heavy atom. The van der Waals surface area contributed by atoms with Crippen molar-refractivity contribution in [2.75, 3.05) is 11.9 Å². The zero-order valence-electron chi connectivity index (χ0n) is 15.7. The van der Waals surface area contributed by atoms with Gasteiger partial charge in [0.05, 0.1) is 5.54 Å². The lowest BCUT2D eigenvalue weighted by Crippen LogP contribution is -2.59. The Morgan fingerprint density at radius 1 is 1.16 bits per heavy atom. The predicted molar refractivity (Wildman–Crippen MR) is 101 cm³/mol. The topological polar surface area (TPSA) is 78.8 Å². The molecule has 25 heavy (non-hydrogen) atoms. The summed E-state index contributed by atoms with van der Waals surface area (Å²) in [5, 5.41) is 2.94. The lowest BCUT2D eigenvalue weighted by atomic mass is 9.88. The van der Waals surface area contributed by atoms with Crippen LogP contribution in [0.2, 0.25) is 0 Å². The fraction of sp³-hybridized carbons (Fsp3) is 0.556. The highest BCUT2D eigenvalue weighted by atomic mass is 32.2. The Morgan fingerprint density at radius 2 is 1.72 bits per heavy atom. The van der Waals surface area contributed by atoms with Crippen LogP contribution in [0.25, 0.3) is 0 Å². The number of carbonyl (C=O) groups excluding carboxylic acids is 1. The molecule has 1 aliphatic rings. The SMILES string of the molecule is CC(C)CC1(C)NC(=O)C(C)(C)S(=O)(=O)N=C1N(C)c1ccccc1. The number of nitrogens with one attached hydrogen (secondary N) is 1. The minimum Gasteiger partial charge on any atom is -0.342 e. The summed E-state index contributed by atoms with van der Waals surface area (Å²) >= 11 is 0. The molecular weight excluding hydrogens is 338 g/mol. The third-order valence-corrected chi connectivity index (χ3v) is 6.45. The van der Waals surface area contributed by atoms with Gasteiger partial charge in [-0.05, 0) is 45.2 Å². The van der Waals surface area contributed by atoms with Crippen molar-refractivity contribution in [3.8, 4) is 0 Å². The zero-order chi connectivity index (χ0) is 19.0. The molecule has 0 bridgehead atoms. The molecule has 2 rings (SSSR count). The van der Waals surface area contributed by atoms with Crippen LogP contribution in [-0.2, 0) is 14.8 Å². The molecule has 1 aromatic rings. The van der Waals surface area contributed by atoms with Gasteiger partial charge in [0.2, 0.25) is 5.91 Å². The van der Waals surface area contributed by atoms with E-state index in [4.69, 9.17) is 0 Å². The average molecular weight is 365 g/mol. The van der Waals surface area contributed by atoms with E-state index in [9.17, 15) is 13.2 Å². The molecule has 1 aromatic carbocycles. The highest BCUT2D eigenvalue weighted by molar-refractivity contribution is 7.92. The van der Waals surface area contributed by atoms with Crippen molar-refractivity contribution in [1.82, 2.24) is 5.32 Å². The quantitative estimate of drug-likeness (QED) is 0.893. The molecule has 138 valence electrons. The van der Waals surface area contributed by atoms with Crippen LogP contribution in [0.4, 0.5) is 5.69 Å². The summed E-state index contributed by atoms with van der Waals surface area (Å²) < 4.78 is 28.1. The first-order valence-electron chi connectivity index (χ1n) is 8.37. The third-order valence-electron chi connectivity index (χ3n) is 4.56. The van der Waals surface area contributed by atoms with Crippen LogP contribution >= 0.6 is 0 Å². The van der Waals surface area contributed by atoms with Crippen LogP contribution in [0.5, 0.6) is 0 Å². The Balaban J connectivity index is 2.68. The summed E-state index contributed by atoms with van der Waals surface area (Å²) in [4.78, 5) is 14.4. The van der Waals surface area contributed by atoms with E-state index in [0.29, 0.717) is 12.3 Å². The molecule has 1 N–H and O–H groups in total. The summed E-state index contributed by atoms with van der Waals surface area (Å²) in [6, 6.07) is 9.40. The molecule has 7 heteroatoms. The van der Waals surface area contributed by atoms with E-state index in [-0.39, 0.29) is 5.92 Å². The largest absolute Gasteiger partial charge is 0.342 e. The number of hydrogen-bond acceptors (Lipinski definition) is 4. The van der Waals surface area contributed by atoms with Crippen molar-refractivity contribution in [3.63, 3.8) is 0 Å². The van der Waals surface area contributed by atoms with E-state index in [1.807, 2.05) is 51.1 Å². The number of hydrogen-bond donors (Lipinski definition) is 1. The standard InChI is InChI=1S/C18H27N3O3S/c1-13(2)12-18(5)15(21(6)14-10-8-7-9-11-14)20-25(23,24)17(3,4)16(22)19-18/h7-11,13H,12H2,1-6H3,(H,19,22). The summed E-state index contributed by atoms with van der Waals surface area (Å²) in [5.74, 6) is 0.0331. The van der Waals surface area contributed by atoms with Crippen LogP contribution in [0.1, 0.15) is 41.0 Å². The molecule has 0 saturated carbocycles. The molecule has 1 atom stereocenters. The van der Waals surface area contributed by atoms with E-state index in [2.05, 4.69) is 9.71 Å². The van der Waals surface area contributed by atoms with Crippen molar-refractivity contribution in [2.24, 2.45) is 10.3 Å². The van der Waals surface area contributed by atoms with Crippen molar-refractivity contribution in [3.05, 3.63) is 30.3 Å². The number of rotatable bonds is 3. The molecule has 0 fully saturated rings. The fourth-order valence-corrected chi connectivity index (χ4v) is 4.13. The highest BCUT2D eigenvalue weighted by Crippen LogP contribution is 2.31. The number of nitrogens with zero attached hydrogens (tertiary/aromatic N) is 2. The second-order valence-corrected chi connectivity index (χ2v) is 9.83. The van der Waals surface area contributed by atoms with Gasteiger partial charge in [0.15, 0.2) is 4.75 Å². The first kappa shape index (κ1) is 19.4. The Hall–Kier alpha value is -1.89. The van der Waals surface area contributed by atoms with Gasteiger partial charge < -0.3 is 10.2 Å². The molecule has 1 aliphatic heterocycles. The lowest BCUT2D eigenvalue weighted by molar-refractivity contribution is -0.124. The monoisotopic (exact) mass is 365 g/mol. The minimum atomic E-state index is -4.02. The number of para-hydroxylation sites is 1. The second kappa shape index (κ2) is 6.44. The Bertz CT molecular complexity index is 785. The minimum absolute atomic E-state index is 0.239. The van der Waals surface area contributed by atoms with Gasteiger partial charge in [0.1, 0.15) is 5.84 Å². The van der Waals surface area contributed by atoms with E-state index < -0.39 is 26.2 Å². The molecule has 0 radical (unpaired) electrons. The summed E-state index contributed by atoms with van der Waals surface area (Å²) in [6.07, 6.45) is 0.570. The van der Waals surface area contributed by atoms with Gasteiger partial charge in [-0.15, -0.1) is 4.40 Å². The fourth-order valence-electron chi connectivity index (χ4n) is 3.07. The number of amidine groups is 1. The molecule has 0 spiro atoms. The summed E-state index contributed by atoms with van der Waals surface area (Å²) in [5.41, 5.74) is -0.0863. The van der Waals surface area contributed by atoms with E-state index >= 15 is 0 Å². The summed E-state index contributed by atoms with van der Waals surface area (Å²) in [6.45, 7) is 8.68. The number of carbonyl (C=O) groups is 1. The zero-order valence-corrected chi connectivity index (χ0v) is 16.5. The molecule has 1 amide bonds. The average Bonchev–Trinajstić information content (AvgIpc) is 2.55. The maximum absolute atomic E-state index is 12.8. The molecular formula is C18H27N3O3S. The number of likely N-dealkylation sites (N-methyl/N-ethyl adjacent to an activating group) is 1. The predicted octanol–water partition coefficient (Wildman–Crippen LogP) is 2.56. The molecule has 1 unspecified atom stereocenters. The maximum atomic E-state index is 12.8. The van der Waals surface area contributed by atoms with E-state index in [0.717, 1.165) is 5.69 Å². The van der Waals surface area contributed by atoms with Gasteiger partial charge in [-0.1, -0.05) is 32.0 Å². The van der Waals surface area contributed by atoms with Crippen LogP contribution in [-0.4, -0.2) is 37.5 Å². The first-order valence-corrected chi connectivity index (χ1v) is 9.81. The maximum Gasteiger partial charge on any atom is 0.269 e. The van der Waals surface area contributed by atoms with Crippen LogP contribution < -0.4 is 10.2 Å². The third kappa shape index (κ3) is 3.56. The van der Waals surface area contributed by atoms with E-state index in [1.54, 1.807) is 11.9 Å². The molecule has 1 heterocycles. The summed E-state index contributed by atoms with van der Waals surface area (Å²) in [7, 11) is -2.25. The molecule has 0 saturated heterocycles. The number of sulfonamides is 1. The van der Waals surface area contributed by atoms with Crippen LogP contribution in [0.3, 0.4) is 0 Å². The van der Waals surface area contributed by atoms with Gasteiger partial charge in [-0.3, -0.25) is 4.79 Å². The van der Waals surface area contributed by atoms with Crippen molar-refractivity contribution in [1.29, 1.82) is 0 Å². The van der Waals surface area contributed by atoms with Gasteiger partial charge >= 0.3 is 0 Å². The molecule has 6 nitrogen and oxygen atoms in total. The second-order valence-electron chi connectivity index (χ2n) is 7.68. The normalized spacial score (nSPS) is 25.1. The van der Waals surface area contributed by atoms with E-state index in [1.165, 1.54) is 13.8 Å². The number of anilines is 1. The smallest absolute Gasteiger partial charge is 0.269 e. The van der Waals surface area contributed by atoms with Crippen LogP contribution in [0, 0.1) is 5.92 Å². The van der Waals surface area contributed by atoms with Gasteiger partial charge in [-0.2, -0.15) is 0 Å². The van der Waals surface area contributed by atoms with Gasteiger partial charge in [0, 0.05) is 12.7 Å². The van der Waals surface area contributed by atoms with Gasteiger partial charge in [0.25, 0.3) is 10.0 Å². The number of benzene rings is 1. The van der Waals surface area contributed by atoms with Crippen molar-refractivity contribution in [2.45, 2.75) is 51.3 Å². The van der Waals surface area contributed by atoms with Crippen molar-refractivity contribution < 1.29 is 13.2 Å². The first-order chi connectivity index (χ1) is 11.4. The number of amides is 1. The molecule has 0 aromatic heterocycles. The molecule has 0 aliphatic carbocycles. The van der Waals surface area contributed by atoms with Crippen molar-refractivity contribution >= 4 is 27.5 Å². The lowest BCUT2D eigenvalue weighted by Gasteiger charge is -2.37.